The molecule has 4 rings (SSSR count). The fraction of sp³-hybridized carbons (Fsp3) is 0.632. The van der Waals surface area contributed by atoms with E-state index in [2.05, 4.69) is 41.3 Å². The number of hydrogen-bond acceptors (Lipinski definition) is 3. The van der Waals surface area contributed by atoms with Crippen LogP contribution < -0.4 is 4.90 Å². The first kappa shape index (κ1) is 14.3. The minimum absolute atomic E-state index is 0.545. The van der Waals surface area contributed by atoms with Gasteiger partial charge in [-0.15, -0.1) is 0 Å². The monoisotopic (exact) mass is 297 g/mol. The Morgan fingerprint density at radius 1 is 1.14 bits per heavy atom. The van der Waals surface area contributed by atoms with E-state index in [0.717, 1.165) is 12.6 Å². The number of nitrogens with zero attached hydrogens (tertiary/aromatic N) is 3. The third-order valence-corrected chi connectivity index (χ3v) is 5.66. The smallest absolute Gasteiger partial charge is 0.0863 e. The number of anilines is 1. The summed E-state index contributed by atoms with van der Waals surface area (Å²) in [6.07, 6.45) is 11.7. The Morgan fingerprint density at radius 2 is 2.00 bits per heavy atom. The van der Waals surface area contributed by atoms with E-state index in [0.29, 0.717) is 6.04 Å². The van der Waals surface area contributed by atoms with Gasteiger partial charge in [-0.05, 0) is 50.4 Å². The molecule has 1 saturated carbocycles. The van der Waals surface area contributed by atoms with Crippen molar-refractivity contribution < 1.29 is 0 Å². The molecule has 0 radical (unpaired) electrons. The normalized spacial score (nSPS) is 24.6. The van der Waals surface area contributed by atoms with E-state index in [4.69, 9.17) is 4.99 Å². The van der Waals surface area contributed by atoms with E-state index in [-0.39, 0.29) is 0 Å². The van der Waals surface area contributed by atoms with Gasteiger partial charge in [0.25, 0.3) is 0 Å². The average Bonchev–Trinajstić information content (AvgIpc) is 3.04. The van der Waals surface area contributed by atoms with Gasteiger partial charge < -0.3 is 4.90 Å². The second-order valence-electron chi connectivity index (χ2n) is 7.21. The molecular formula is C19H27N3. The molecule has 0 amide bonds. The second-order valence-corrected chi connectivity index (χ2v) is 7.21. The lowest BCUT2D eigenvalue weighted by Gasteiger charge is -2.32. The quantitative estimate of drug-likeness (QED) is 0.835. The van der Waals surface area contributed by atoms with Gasteiger partial charge in [-0.1, -0.05) is 25.3 Å². The molecule has 2 aliphatic heterocycles. The molecule has 0 aromatic heterocycles. The fourth-order valence-corrected chi connectivity index (χ4v) is 4.37. The summed E-state index contributed by atoms with van der Waals surface area (Å²) >= 11 is 0. The highest BCUT2D eigenvalue weighted by molar-refractivity contribution is 5.85. The van der Waals surface area contributed by atoms with E-state index < -0.39 is 0 Å². The number of rotatable bonds is 3. The van der Waals surface area contributed by atoms with E-state index >= 15 is 0 Å². The molecule has 2 heterocycles. The molecule has 0 bridgehead atoms. The van der Waals surface area contributed by atoms with Gasteiger partial charge in [0.15, 0.2) is 0 Å². The Hall–Kier alpha value is -1.35. The molecule has 1 aliphatic carbocycles. The molecular weight excluding hydrogens is 270 g/mol. The molecule has 0 N–H and O–H groups in total. The predicted octanol–water partition coefficient (Wildman–Crippen LogP) is 4.14. The van der Waals surface area contributed by atoms with Gasteiger partial charge in [-0.25, -0.2) is 0 Å². The van der Waals surface area contributed by atoms with E-state index in [1.54, 1.807) is 0 Å². The number of aliphatic imine (C=N–C) groups is 1. The van der Waals surface area contributed by atoms with E-state index in [9.17, 15) is 0 Å². The lowest BCUT2D eigenvalue weighted by molar-refractivity contribution is 0.184. The summed E-state index contributed by atoms with van der Waals surface area (Å²) in [5.41, 5.74) is 3.92. The van der Waals surface area contributed by atoms with Crippen LogP contribution in [-0.2, 0) is 6.54 Å². The maximum Gasteiger partial charge on any atom is 0.0863 e. The van der Waals surface area contributed by atoms with Crippen molar-refractivity contribution in [3.05, 3.63) is 23.8 Å². The first-order chi connectivity index (χ1) is 10.8. The summed E-state index contributed by atoms with van der Waals surface area (Å²) in [6, 6.07) is 8.24. The van der Waals surface area contributed by atoms with Gasteiger partial charge in [0.2, 0.25) is 0 Å². The minimum atomic E-state index is 0.545. The third-order valence-electron chi connectivity index (χ3n) is 5.66. The van der Waals surface area contributed by atoms with Crippen molar-refractivity contribution in [3.63, 3.8) is 0 Å². The second kappa shape index (κ2) is 6.04. The highest BCUT2D eigenvalue weighted by Crippen LogP contribution is 2.37. The van der Waals surface area contributed by atoms with Crippen LogP contribution in [0.1, 0.15) is 50.5 Å². The van der Waals surface area contributed by atoms with Crippen molar-refractivity contribution >= 4 is 17.6 Å². The highest BCUT2D eigenvalue weighted by Gasteiger charge is 2.28. The summed E-state index contributed by atoms with van der Waals surface area (Å²) in [5, 5.41) is 0. The zero-order valence-electron chi connectivity index (χ0n) is 13.7. The van der Waals surface area contributed by atoms with E-state index in [1.807, 2.05) is 0 Å². The molecule has 2 fully saturated rings. The van der Waals surface area contributed by atoms with Crippen LogP contribution in [0.2, 0.25) is 0 Å². The Morgan fingerprint density at radius 3 is 2.86 bits per heavy atom. The van der Waals surface area contributed by atoms with Gasteiger partial charge in [-0.2, -0.15) is 0 Å². The Balaban J connectivity index is 1.49. The minimum Gasteiger partial charge on any atom is -0.362 e. The third kappa shape index (κ3) is 2.67. The number of benzene rings is 1. The molecule has 1 aromatic rings. The van der Waals surface area contributed by atoms with Crippen LogP contribution in [-0.4, -0.2) is 36.8 Å². The van der Waals surface area contributed by atoms with Crippen LogP contribution in [0, 0.1) is 0 Å². The molecule has 118 valence electrons. The highest BCUT2D eigenvalue weighted by atomic mass is 15.2. The van der Waals surface area contributed by atoms with Crippen molar-refractivity contribution in [3.8, 4) is 0 Å². The van der Waals surface area contributed by atoms with Crippen LogP contribution in [0.15, 0.2) is 23.2 Å². The zero-order chi connectivity index (χ0) is 14.9. The van der Waals surface area contributed by atoms with Crippen LogP contribution >= 0.6 is 0 Å². The topological polar surface area (TPSA) is 18.8 Å². The average molecular weight is 297 g/mol. The molecule has 1 unspecified atom stereocenters. The molecule has 1 saturated heterocycles. The van der Waals surface area contributed by atoms with Gasteiger partial charge in [0.1, 0.15) is 0 Å². The van der Waals surface area contributed by atoms with Crippen molar-refractivity contribution in [2.75, 3.05) is 18.5 Å². The molecule has 3 heteroatoms. The summed E-state index contributed by atoms with van der Waals surface area (Å²) in [7, 11) is 2.29. The van der Waals surface area contributed by atoms with Gasteiger partial charge in [0, 0.05) is 25.3 Å². The fourth-order valence-electron chi connectivity index (χ4n) is 4.37. The lowest BCUT2D eigenvalue weighted by atomic mass is 9.94. The summed E-state index contributed by atoms with van der Waals surface area (Å²) in [4.78, 5) is 9.80. The standard InChI is InChI=1S/C19H27N3/c1-21(16-6-3-2-4-7-16)14-15-9-10-19-18(12-15)20-13-17-8-5-11-22(17)19/h9-10,12-13,16-17H,2-8,11,14H2,1H3. The number of fused-ring (bicyclic) bond motifs is 3. The molecule has 3 nitrogen and oxygen atoms in total. The summed E-state index contributed by atoms with van der Waals surface area (Å²) < 4.78 is 0. The van der Waals surface area contributed by atoms with Gasteiger partial charge >= 0.3 is 0 Å². The zero-order valence-corrected chi connectivity index (χ0v) is 13.7. The van der Waals surface area contributed by atoms with Gasteiger partial charge in [0.05, 0.1) is 17.4 Å². The first-order valence-electron chi connectivity index (χ1n) is 8.95. The number of hydrogen-bond donors (Lipinski definition) is 0. The SMILES string of the molecule is CN(Cc1ccc2c(c1)N=CC1CCCN21)C1CCCCC1. The lowest BCUT2D eigenvalue weighted by Crippen LogP contribution is -2.33. The van der Waals surface area contributed by atoms with Crippen molar-refractivity contribution in [1.82, 2.24) is 4.90 Å². The van der Waals surface area contributed by atoms with Crippen molar-refractivity contribution in [2.24, 2.45) is 4.99 Å². The maximum absolute atomic E-state index is 4.73. The Labute approximate surface area is 134 Å². The molecule has 22 heavy (non-hydrogen) atoms. The van der Waals surface area contributed by atoms with Crippen LogP contribution in [0.3, 0.4) is 0 Å². The summed E-state index contributed by atoms with van der Waals surface area (Å²) in [5.74, 6) is 0. The van der Waals surface area contributed by atoms with Gasteiger partial charge in [-0.3, -0.25) is 9.89 Å². The summed E-state index contributed by atoms with van der Waals surface area (Å²) in [6.45, 7) is 2.24. The van der Waals surface area contributed by atoms with Crippen LogP contribution in [0.4, 0.5) is 11.4 Å². The van der Waals surface area contributed by atoms with Crippen LogP contribution in [0.5, 0.6) is 0 Å². The van der Waals surface area contributed by atoms with Crippen LogP contribution in [0.25, 0.3) is 0 Å². The Bertz CT molecular complexity index is 560. The largest absolute Gasteiger partial charge is 0.362 e. The molecule has 1 atom stereocenters. The molecule has 0 spiro atoms. The maximum atomic E-state index is 4.73. The van der Waals surface area contributed by atoms with E-state index in [1.165, 1.54) is 68.4 Å². The molecule has 3 aliphatic rings. The first-order valence-corrected chi connectivity index (χ1v) is 8.95. The Kier molecular flexibility index (Phi) is 3.91. The van der Waals surface area contributed by atoms with Crippen molar-refractivity contribution in [1.29, 1.82) is 0 Å². The predicted molar refractivity (Wildman–Crippen MR) is 93.3 cm³/mol. The van der Waals surface area contributed by atoms with Crippen molar-refractivity contribution in [2.45, 2.75) is 63.6 Å². The molecule has 1 aromatic carbocycles.